The fraction of sp³-hybridized carbons (Fsp3) is 0.421. The summed E-state index contributed by atoms with van der Waals surface area (Å²) in [5.41, 5.74) is 2.65. The van der Waals surface area contributed by atoms with Gasteiger partial charge in [-0.2, -0.15) is 0 Å². The number of carbonyl (C=O) groups excluding carboxylic acids is 1. The Morgan fingerprint density at radius 1 is 1.24 bits per heavy atom. The summed E-state index contributed by atoms with van der Waals surface area (Å²) in [4.78, 5) is 21.4. The van der Waals surface area contributed by atoms with E-state index < -0.39 is 0 Å². The quantitative estimate of drug-likeness (QED) is 0.834. The van der Waals surface area contributed by atoms with Crippen molar-refractivity contribution in [2.75, 3.05) is 24.5 Å². The molecule has 1 saturated heterocycles. The zero-order valence-corrected chi connectivity index (χ0v) is 15.2. The Balaban J connectivity index is 1.53. The summed E-state index contributed by atoms with van der Waals surface area (Å²) in [6.45, 7) is 4.18. The van der Waals surface area contributed by atoms with Gasteiger partial charge in [-0.05, 0) is 54.0 Å². The molecular weight excluding hydrogens is 336 g/mol. The van der Waals surface area contributed by atoms with Crippen LogP contribution in [-0.4, -0.2) is 35.5 Å². The molecule has 0 radical (unpaired) electrons. The number of hydrogen-bond acceptors (Lipinski definition) is 4. The van der Waals surface area contributed by atoms with E-state index in [-0.39, 0.29) is 5.91 Å². The average Bonchev–Trinajstić information content (AvgIpc) is 2.62. The van der Waals surface area contributed by atoms with Crippen molar-refractivity contribution >= 4 is 23.3 Å². The lowest BCUT2D eigenvalue weighted by atomic mass is 9.89. The fourth-order valence-corrected chi connectivity index (χ4v) is 3.43. The molecule has 0 saturated carbocycles. The van der Waals surface area contributed by atoms with Crippen molar-refractivity contribution in [3.8, 4) is 0 Å². The lowest BCUT2D eigenvalue weighted by Gasteiger charge is -2.33. The van der Waals surface area contributed by atoms with Crippen LogP contribution in [0.25, 0.3) is 0 Å². The Labute approximate surface area is 153 Å². The van der Waals surface area contributed by atoms with E-state index in [1.165, 1.54) is 11.1 Å². The lowest BCUT2D eigenvalue weighted by Crippen LogP contribution is -2.33. The molecule has 0 spiro atoms. The highest BCUT2D eigenvalue weighted by Gasteiger charge is 2.21. The Hall–Kier alpha value is -2.14. The number of nitrogens with one attached hydrogen (secondary N) is 1. The maximum absolute atomic E-state index is 10.9. The van der Waals surface area contributed by atoms with Crippen LogP contribution in [0.15, 0.2) is 36.5 Å². The normalized spacial score (nSPS) is 15.2. The molecule has 1 aromatic heterocycles. The number of carbonyl (C=O) groups is 1. The molecule has 2 aromatic rings. The van der Waals surface area contributed by atoms with Crippen LogP contribution in [-0.2, 0) is 11.2 Å². The van der Waals surface area contributed by atoms with Crippen LogP contribution in [0.2, 0.25) is 5.28 Å². The number of aromatic nitrogens is 2. The maximum Gasteiger partial charge on any atom is 0.224 e. The summed E-state index contributed by atoms with van der Waals surface area (Å²) in [6, 6.07) is 10.7. The first-order valence-corrected chi connectivity index (χ1v) is 9.06. The number of halogens is 1. The van der Waals surface area contributed by atoms with E-state index in [0.29, 0.717) is 17.7 Å². The molecule has 1 aliphatic heterocycles. The van der Waals surface area contributed by atoms with Crippen LogP contribution >= 0.6 is 11.6 Å². The largest absolute Gasteiger partial charge is 0.356 e. The number of piperidine rings is 1. The molecule has 3 rings (SSSR count). The molecule has 6 heteroatoms. The molecule has 132 valence electrons. The van der Waals surface area contributed by atoms with E-state index in [2.05, 4.69) is 44.5 Å². The standard InChI is InChI=1S/C19H23ClN4O/c1-14(25)21-10-6-15-2-4-16(5-3-15)17-8-12-24(13-9-17)18-7-11-22-19(20)23-18/h2-5,7,11,17H,6,8-10,12-13H2,1H3,(H,21,25). The monoisotopic (exact) mass is 358 g/mol. The van der Waals surface area contributed by atoms with Crippen LogP contribution in [0.5, 0.6) is 0 Å². The summed E-state index contributed by atoms with van der Waals surface area (Å²) in [6.07, 6.45) is 4.78. The van der Waals surface area contributed by atoms with Gasteiger partial charge < -0.3 is 10.2 Å². The van der Waals surface area contributed by atoms with Crippen LogP contribution in [0.3, 0.4) is 0 Å². The molecule has 1 fully saturated rings. The van der Waals surface area contributed by atoms with Crippen molar-refractivity contribution in [1.82, 2.24) is 15.3 Å². The third kappa shape index (κ3) is 4.92. The number of anilines is 1. The molecule has 1 aliphatic rings. The first kappa shape index (κ1) is 17.7. The second kappa shape index (κ2) is 8.30. The third-order valence-electron chi connectivity index (χ3n) is 4.67. The molecule has 0 atom stereocenters. The van der Waals surface area contributed by atoms with Gasteiger partial charge in [-0.1, -0.05) is 24.3 Å². The van der Waals surface area contributed by atoms with Crippen molar-refractivity contribution in [3.05, 3.63) is 52.9 Å². The topological polar surface area (TPSA) is 58.1 Å². The van der Waals surface area contributed by atoms with E-state index in [0.717, 1.165) is 38.2 Å². The van der Waals surface area contributed by atoms with Gasteiger partial charge in [0.2, 0.25) is 11.2 Å². The molecule has 1 N–H and O–H groups in total. The number of amides is 1. The predicted molar refractivity (Wildman–Crippen MR) is 100 cm³/mol. The van der Waals surface area contributed by atoms with Gasteiger partial charge in [0.15, 0.2) is 0 Å². The average molecular weight is 359 g/mol. The molecule has 0 bridgehead atoms. The van der Waals surface area contributed by atoms with Crippen molar-refractivity contribution in [1.29, 1.82) is 0 Å². The number of rotatable bonds is 5. The van der Waals surface area contributed by atoms with Crippen LogP contribution < -0.4 is 10.2 Å². The summed E-state index contributed by atoms with van der Waals surface area (Å²) in [5, 5.41) is 3.13. The molecule has 0 aliphatic carbocycles. The SMILES string of the molecule is CC(=O)NCCc1ccc(C2CCN(c3ccnc(Cl)n3)CC2)cc1. The molecular formula is C19H23ClN4O. The van der Waals surface area contributed by atoms with Gasteiger partial charge >= 0.3 is 0 Å². The first-order chi connectivity index (χ1) is 12.1. The Morgan fingerprint density at radius 3 is 2.60 bits per heavy atom. The molecule has 1 amide bonds. The van der Waals surface area contributed by atoms with Gasteiger partial charge in [0.25, 0.3) is 0 Å². The lowest BCUT2D eigenvalue weighted by molar-refractivity contribution is -0.118. The second-order valence-electron chi connectivity index (χ2n) is 6.42. The summed E-state index contributed by atoms with van der Waals surface area (Å²) in [5.74, 6) is 1.51. The minimum atomic E-state index is 0.0216. The number of nitrogens with zero attached hydrogens (tertiary/aromatic N) is 3. The Morgan fingerprint density at radius 2 is 1.96 bits per heavy atom. The molecule has 25 heavy (non-hydrogen) atoms. The minimum absolute atomic E-state index is 0.0216. The summed E-state index contributed by atoms with van der Waals surface area (Å²) < 4.78 is 0. The van der Waals surface area contributed by atoms with Gasteiger partial charge in [0.05, 0.1) is 0 Å². The molecule has 2 heterocycles. The van der Waals surface area contributed by atoms with E-state index in [4.69, 9.17) is 11.6 Å². The van der Waals surface area contributed by atoms with Gasteiger partial charge in [0, 0.05) is 32.8 Å². The van der Waals surface area contributed by atoms with Gasteiger partial charge in [-0.15, -0.1) is 0 Å². The number of benzene rings is 1. The van der Waals surface area contributed by atoms with Gasteiger partial charge in [0.1, 0.15) is 5.82 Å². The van der Waals surface area contributed by atoms with Crippen molar-refractivity contribution in [2.45, 2.75) is 32.1 Å². The van der Waals surface area contributed by atoms with Crippen molar-refractivity contribution < 1.29 is 4.79 Å². The summed E-state index contributed by atoms with van der Waals surface area (Å²) in [7, 11) is 0. The van der Waals surface area contributed by atoms with E-state index in [1.807, 2.05) is 6.07 Å². The Kier molecular flexibility index (Phi) is 5.87. The Bertz CT molecular complexity index is 712. The van der Waals surface area contributed by atoms with E-state index in [1.54, 1.807) is 13.1 Å². The molecule has 1 aromatic carbocycles. The highest BCUT2D eigenvalue weighted by atomic mass is 35.5. The van der Waals surface area contributed by atoms with Gasteiger partial charge in [-0.3, -0.25) is 4.79 Å². The smallest absolute Gasteiger partial charge is 0.224 e. The molecule has 0 unspecified atom stereocenters. The minimum Gasteiger partial charge on any atom is -0.356 e. The van der Waals surface area contributed by atoms with Crippen LogP contribution in [0.1, 0.15) is 36.8 Å². The van der Waals surface area contributed by atoms with E-state index in [9.17, 15) is 4.79 Å². The zero-order valence-electron chi connectivity index (χ0n) is 14.4. The van der Waals surface area contributed by atoms with Gasteiger partial charge in [-0.25, -0.2) is 9.97 Å². The molecule has 5 nitrogen and oxygen atoms in total. The fourth-order valence-electron chi connectivity index (χ4n) is 3.28. The number of hydrogen-bond donors (Lipinski definition) is 1. The highest BCUT2D eigenvalue weighted by molar-refractivity contribution is 6.28. The van der Waals surface area contributed by atoms with Crippen LogP contribution in [0.4, 0.5) is 5.82 Å². The van der Waals surface area contributed by atoms with E-state index >= 15 is 0 Å². The van der Waals surface area contributed by atoms with Crippen LogP contribution in [0, 0.1) is 0 Å². The third-order valence-corrected chi connectivity index (χ3v) is 4.85. The summed E-state index contributed by atoms with van der Waals surface area (Å²) >= 11 is 5.88. The highest BCUT2D eigenvalue weighted by Crippen LogP contribution is 2.30. The van der Waals surface area contributed by atoms with Crippen molar-refractivity contribution in [3.63, 3.8) is 0 Å². The van der Waals surface area contributed by atoms with Crippen molar-refractivity contribution in [2.24, 2.45) is 0 Å². The second-order valence-corrected chi connectivity index (χ2v) is 6.76. The zero-order chi connectivity index (χ0) is 17.6. The predicted octanol–water partition coefficient (Wildman–Crippen LogP) is 3.19. The first-order valence-electron chi connectivity index (χ1n) is 8.68. The maximum atomic E-state index is 10.9.